The highest BCUT2D eigenvalue weighted by Crippen LogP contribution is 1.98. The van der Waals surface area contributed by atoms with Crippen LogP contribution in [0.2, 0.25) is 0 Å². The third-order valence-corrected chi connectivity index (χ3v) is 1.13. The van der Waals surface area contributed by atoms with E-state index in [9.17, 15) is 9.59 Å². The first-order valence-corrected chi connectivity index (χ1v) is 3.18. The van der Waals surface area contributed by atoms with E-state index < -0.39 is 25.1 Å². The molecule has 70 valence electrons. The van der Waals surface area contributed by atoms with Gasteiger partial charge in [0.2, 0.25) is 6.29 Å². The van der Waals surface area contributed by atoms with Gasteiger partial charge in [0.1, 0.15) is 12.2 Å². The van der Waals surface area contributed by atoms with Crippen LogP contribution in [0.5, 0.6) is 0 Å². The van der Waals surface area contributed by atoms with Gasteiger partial charge in [-0.2, -0.15) is 0 Å². The molecule has 0 saturated heterocycles. The van der Waals surface area contributed by atoms with E-state index in [0.29, 0.717) is 0 Å². The molecule has 0 heterocycles. The van der Waals surface area contributed by atoms with Gasteiger partial charge in [0.05, 0.1) is 6.61 Å². The number of carbonyl (C=O) groups is 2. The van der Waals surface area contributed by atoms with Crippen LogP contribution in [0.4, 0.5) is 0 Å². The van der Waals surface area contributed by atoms with Gasteiger partial charge in [0.25, 0.3) is 0 Å². The second-order valence-corrected chi connectivity index (χ2v) is 2.01. The Morgan fingerprint density at radius 1 is 1.25 bits per heavy atom. The number of rotatable bonds is 6. The number of aliphatic hydroxyl groups is 3. The summed E-state index contributed by atoms with van der Waals surface area (Å²) in [5.41, 5.74) is 0. The van der Waals surface area contributed by atoms with Crippen LogP contribution in [0.15, 0.2) is 0 Å². The molecule has 0 aromatic carbocycles. The summed E-state index contributed by atoms with van der Waals surface area (Å²) in [7, 11) is 0. The molecule has 0 aromatic rings. The fourth-order valence-electron chi connectivity index (χ4n) is 0.530. The molecule has 3 atom stereocenters. The monoisotopic (exact) mass is 178 g/mol. The number of hydrogen-bond donors (Lipinski definition) is 3. The van der Waals surface area contributed by atoms with Crippen molar-refractivity contribution in [1.29, 1.82) is 0 Å². The SMILES string of the molecule is O=C[C@@H](O)OC(CO)[C@@H](O)C=O. The van der Waals surface area contributed by atoms with Crippen molar-refractivity contribution < 1.29 is 29.6 Å². The van der Waals surface area contributed by atoms with E-state index in [4.69, 9.17) is 15.3 Å². The molecule has 1 unspecified atom stereocenters. The molecule has 6 nitrogen and oxygen atoms in total. The first-order valence-electron chi connectivity index (χ1n) is 3.18. The summed E-state index contributed by atoms with van der Waals surface area (Å²) in [6.45, 7) is -0.662. The predicted octanol–water partition coefficient (Wildman–Crippen LogP) is -2.56. The minimum absolute atomic E-state index is 0.0696. The summed E-state index contributed by atoms with van der Waals surface area (Å²) in [6, 6.07) is 0. The molecule has 0 spiro atoms. The number of ether oxygens (including phenoxy) is 1. The van der Waals surface area contributed by atoms with Crippen molar-refractivity contribution >= 4 is 12.6 Å². The van der Waals surface area contributed by atoms with Crippen molar-refractivity contribution in [1.82, 2.24) is 0 Å². The number of aldehydes is 2. The topological polar surface area (TPSA) is 104 Å². The van der Waals surface area contributed by atoms with E-state index in [1.54, 1.807) is 0 Å². The maximum absolute atomic E-state index is 9.96. The van der Waals surface area contributed by atoms with Crippen LogP contribution in [0.1, 0.15) is 0 Å². The van der Waals surface area contributed by atoms with Gasteiger partial charge in [0, 0.05) is 0 Å². The van der Waals surface area contributed by atoms with Gasteiger partial charge in [-0.1, -0.05) is 0 Å². The zero-order chi connectivity index (χ0) is 9.56. The fourth-order valence-corrected chi connectivity index (χ4v) is 0.530. The minimum Gasteiger partial charge on any atom is -0.394 e. The van der Waals surface area contributed by atoms with Crippen molar-refractivity contribution in [2.75, 3.05) is 6.61 Å². The lowest BCUT2D eigenvalue weighted by molar-refractivity contribution is -0.175. The molecule has 0 amide bonds. The first kappa shape index (κ1) is 11.2. The molecule has 0 aliphatic carbocycles. The first-order chi connectivity index (χ1) is 5.65. The molecule has 0 aliphatic rings. The number of carbonyl (C=O) groups excluding carboxylic acids is 2. The Morgan fingerprint density at radius 3 is 2.17 bits per heavy atom. The third kappa shape index (κ3) is 3.54. The standard InChI is InChI=1S/C6H10O6/c7-1-4(10)5(2-8)12-6(11)3-9/h1,3-6,8,10-11H,2H2/t4-,5?,6-/m0/s1. The number of hydrogen-bond acceptors (Lipinski definition) is 6. The Balaban J connectivity index is 3.97. The van der Waals surface area contributed by atoms with E-state index in [1.807, 2.05) is 0 Å². The summed E-state index contributed by atoms with van der Waals surface area (Å²) >= 11 is 0. The highest BCUT2D eigenvalue weighted by molar-refractivity contribution is 5.57. The van der Waals surface area contributed by atoms with Gasteiger partial charge >= 0.3 is 0 Å². The van der Waals surface area contributed by atoms with Crippen LogP contribution in [0, 0.1) is 0 Å². The maximum atomic E-state index is 9.96. The summed E-state index contributed by atoms with van der Waals surface area (Å²) < 4.78 is 4.36. The van der Waals surface area contributed by atoms with Crippen molar-refractivity contribution in [3.63, 3.8) is 0 Å². The van der Waals surface area contributed by atoms with Gasteiger partial charge in [-0.05, 0) is 0 Å². The lowest BCUT2D eigenvalue weighted by Gasteiger charge is -2.17. The van der Waals surface area contributed by atoms with Crippen LogP contribution in [-0.2, 0) is 14.3 Å². The Kier molecular flexibility index (Phi) is 5.39. The van der Waals surface area contributed by atoms with Gasteiger partial charge in [0.15, 0.2) is 12.6 Å². The fraction of sp³-hybridized carbons (Fsp3) is 0.667. The number of aliphatic hydroxyl groups excluding tert-OH is 3. The quantitative estimate of drug-likeness (QED) is 0.305. The molecule has 12 heavy (non-hydrogen) atoms. The van der Waals surface area contributed by atoms with Gasteiger partial charge < -0.3 is 24.9 Å². The minimum atomic E-state index is -1.74. The molecule has 0 radical (unpaired) electrons. The average Bonchev–Trinajstić information content (AvgIpc) is 2.12. The van der Waals surface area contributed by atoms with Crippen LogP contribution < -0.4 is 0 Å². The normalized spacial score (nSPS) is 17.9. The van der Waals surface area contributed by atoms with Gasteiger partial charge in [-0.3, -0.25) is 4.79 Å². The van der Waals surface area contributed by atoms with E-state index in [1.165, 1.54) is 0 Å². The molecule has 0 aliphatic heterocycles. The maximum Gasteiger partial charge on any atom is 0.212 e. The van der Waals surface area contributed by atoms with Gasteiger partial charge in [-0.25, -0.2) is 0 Å². The van der Waals surface area contributed by atoms with Crippen molar-refractivity contribution in [3.05, 3.63) is 0 Å². The molecular weight excluding hydrogens is 168 g/mol. The molecule has 0 saturated carbocycles. The lowest BCUT2D eigenvalue weighted by atomic mass is 10.2. The van der Waals surface area contributed by atoms with E-state index in [2.05, 4.69) is 4.74 Å². The zero-order valence-corrected chi connectivity index (χ0v) is 6.16. The van der Waals surface area contributed by atoms with Crippen LogP contribution in [0.25, 0.3) is 0 Å². The van der Waals surface area contributed by atoms with Crippen LogP contribution in [-0.4, -0.2) is 53.0 Å². The highest BCUT2D eigenvalue weighted by Gasteiger charge is 2.21. The second kappa shape index (κ2) is 5.78. The average molecular weight is 178 g/mol. The Labute approximate surface area is 68.4 Å². The summed E-state index contributed by atoms with van der Waals surface area (Å²) in [6.07, 6.45) is -4.36. The van der Waals surface area contributed by atoms with E-state index in [0.717, 1.165) is 0 Å². The highest BCUT2D eigenvalue weighted by atomic mass is 16.6. The van der Waals surface area contributed by atoms with E-state index in [-0.39, 0.29) is 12.6 Å². The molecule has 0 bridgehead atoms. The Bertz CT molecular complexity index is 147. The van der Waals surface area contributed by atoms with Crippen LogP contribution in [0.3, 0.4) is 0 Å². The predicted molar refractivity (Wildman–Crippen MR) is 36.1 cm³/mol. The second-order valence-electron chi connectivity index (χ2n) is 2.01. The van der Waals surface area contributed by atoms with Gasteiger partial charge in [-0.15, -0.1) is 0 Å². The molecule has 0 aromatic heterocycles. The Hall–Kier alpha value is -0.820. The molecule has 0 rings (SSSR count). The molecule has 0 fully saturated rings. The smallest absolute Gasteiger partial charge is 0.212 e. The third-order valence-electron chi connectivity index (χ3n) is 1.13. The van der Waals surface area contributed by atoms with Crippen molar-refractivity contribution in [2.24, 2.45) is 0 Å². The van der Waals surface area contributed by atoms with Crippen molar-refractivity contribution in [3.8, 4) is 0 Å². The summed E-state index contributed by atoms with van der Waals surface area (Å²) in [5, 5.41) is 25.9. The van der Waals surface area contributed by atoms with Crippen molar-refractivity contribution in [2.45, 2.75) is 18.5 Å². The van der Waals surface area contributed by atoms with Crippen LogP contribution >= 0.6 is 0 Å². The molecule has 3 N–H and O–H groups in total. The zero-order valence-electron chi connectivity index (χ0n) is 6.16. The Morgan fingerprint density at radius 2 is 1.83 bits per heavy atom. The summed E-state index contributed by atoms with van der Waals surface area (Å²) in [5.74, 6) is 0. The van der Waals surface area contributed by atoms with E-state index >= 15 is 0 Å². The molecular formula is C6H10O6. The lowest BCUT2D eigenvalue weighted by Crippen LogP contribution is -2.37. The molecule has 6 heteroatoms. The summed E-state index contributed by atoms with van der Waals surface area (Å²) in [4.78, 5) is 19.8. The largest absolute Gasteiger partial charge is 0.394 e.